The van der Waals surface area contributed by atoms with Crippen molar-refractivity contribution in [2.45, 2.75) is 38.1 Å². The third kappa shape index (κ3) is 8.35. The van der Waals surface area contributed by atoms with Crippen molar-refractivity contribution in [3.8, 4) is 0 Å². The summed E-state index contributed by atoms with van der Waals surface area (Å²) in [5.74, 6) is -2.71. The van der Waals surface area contributed by atoms with Gasteiger partial charge in [-0.25, -0.2) is 14.9 Å². The number of hydrogen-bond donors (Lipinski definition) is 4. The zero-order valence-electron chi connectivity index (χ0n) is 25.1. The van der Waals surface area contributed by atoms with Gasteiger partial charge in [-0.05, 0) is 72.9 Å². The molecule has 5 rings (SSSR count). The first-order chi connectivity index (χ1) is 22.9. The van der Waals surface area contributed by atoms with Gasteiger partial charge >= 0.3 is 12.1 Å². The lowest BCUT2D eigenvalue weighted by Gasteiger charge is -2.29. The number of piperidine rings is 1. The fourth-order valence-electron chi connectivity index (χ4n) is 5.08. The van der Waals surface area contributed by atoms with E-state index in [4.69, 9.17) is 16.7 Å². The molecule has 2 heterocycles. The number of aliphatic carboxylic acids is 1. The molecule has 12 nitrogen and oxygen atoms in total. The number of rotatable bonds is 10. The van der Waals surface area contributed by atoms with Gasteiger partial charge in [0.25, 0.3) is 11.8 Å². The van der Waals surface area contributed by atoms with Gasteiger partial charge in [0.05, 0.1) is 40.8 Å². The molecule has 4 N–H and O–H groups in total. The van der Waals surface area contributed by atoms with Gasteiger partial charge in [0, 0.05) is 24.3 Å². The number of carbonyl (C=O) groups excluding carboxylic acids is 2. The second-order valence-electron chi connectivity index (χ2n) is 11.0. The molecule has 48 heavy (non-hydrogen) atoms. The van der Waals surface area contributed by atoms with Crippen LogP contribution in [0.15, 0.2) is 72.0 Å². The van der Waals surface area contributed by atoms with Gasteiger partial charge in [0.15, 0.2) is 6.10 Å². The third-order valence-electron chi connectivity index (χ3n) is 7.50. The van der Waals surface area contributed by atoms with E-state index in [2.05, 4.69) is 31.1 Å². The molecule has 250 valence electrons. The van der Waals surface area contributed by atoms with E-state index in [0.29, 0.717) is 5.56 Å². The molecule has 2 amide bonds. The predicted octanol–water partition coefficient (Wildman–Crippen LogP) is 5.12. The lowest BCUT2D eigenvalue weighted by Crippen LogP contribution is -2.30. The Bertz CT molecular complexity index is 1860. The number of nitrogens with zero attached hydrogens (tertiary/aromatic N) is 5. The van der Waals surface area contributed by atoms with Crippen LogP contribution in [-0.2, 0) is 17.5 Å². The molecule has 0 saturated carbocycles. The van der Waals surface area contributed by atoms with E-state index >= 15 is 0 Å². The Morgan fingerprint density at radius 1 is 1.02 bits per heavy atom. The molecule has 1 atom stereocenters. The Morgan fingerprint density at radius 3 is 2.52 bits per heavy atom. The van der Waals surface area contributed by atoms with Crippen molar-refractivity contribution in [3.63, 3.8) is 0 Å². The number of alkyl halides is 3. The number of carboxylic acid groups (broad SMARTS) is 1. The van der Waals surface area contributed by atoms with Crippen LogP contribution in [0.1, 0.15) is 68.5 Å². The Hall–Kier alpha value is -5.28. The summed E-state index contributed by atoms with van der Waals surface area (Å²) in [5, 5.41) is 32.3. The minimum absolute atomic E-state index is 0.0580. The summed E-state index contributed by atoms with van der Waals surface area (Å²) in [5.41, 5.74) is 3.09. The molecule has 3 aromatic carbocycles. The molecule has 1 saturated heterocycles. The van der Waals surface area contributed by atoms with Crippen molar-refractivity contribution in [3.05, 3.63) is 105 Å². The second kappa shape index (κ2) is 14.6. The van der Waals surface area contributed by atoms with E-state index in [1.54, 1.807) is 42.5 Å². The zero-order chi connectivity index (χ0) is 34.4. The van der Waals surface area contributed by atoms with E-state index in [9.17, 15) is 32.7 Å². The highest BCUT2D eigenvalue weighted by Gasteiger charge is 2.33. The minimum Gasteiger partial charge on any atom is -0.479 e. The highest BCUT2D eigenvalue weighted by molar-refractivity contribution is 6.31. The summed E-state index contributed by atoms with van der Waals surface area (Å²) in [6.45, 7) is 1.70. The Morgan fingerprint density at radius 2 is 1.79 bits per heavy atom. The molecule has 1 aromatic heterocycles. The normalized spacial score (nSPS) is 14.1. The van der Waals surface area contributed by atoms with Gasteiger partial charge in [-0.3, -0.25) is 9.59 Å². The predicted molar refractivity (Wildman–Crippen MR) is 170 cm³/mol. The molecule has 1 aliphatic heterocycles. The monoisotopic (exact) mass is 683 g/mol. The number of halogens is 4. The number of aliphatic hydroxyl groups is 1. The molecule has 0 radical (unpaired) electrons. The summed E-state index contributed by atoms with van der Waals surface area (Å²) in [7, 11) is 0. The molecule has 1 aliphatic rings. The smallest absolute Gasteiger partial charge is 0.417 e. The fraction of sp³-hybridized carbons (Fsp3) is 0.250. The zero-order valence-corrected chi connectivity index (χ0v) is 25.9. The third-order valence-corrected chi connectivity index (χ3v) is 7.83. The van der Waals surface area contributed by atoms with E-state index < -0.39 is 40.7 Å². The average Bonchev–Trinajstić information content (AvgIpc) is 3.53. The lowest BCUT2D eigenvalue weighted by atomic mass is 10.1. The van der Waals surface area contributed by atoms with Crippen LogP contribution in [0.2, 0.25) is 5.02 Å². The molecular formula is C32H29ClF3N7O5. The maximum absolute atomic E-state index is 13.4. The number of benzene rings is 3. The quantitative estimate of drug-likeness (QED) is 0.132. The van der Waals surface area contributed by atoms with Crippen LogP contribution in [-0.4, -0.2) is 62.3 Å². The van der Waals surface area contributed by atoms with Crippen LogP contribution in [0.3, 0.4) is 0 Å². The standard InChI is InChI=1S/C32H29ClF3N7O5/c33-25-9-7-19(14-24(25)32(34,35)36)16-37-40-30(46)23-15-22(42-11-2-1-3-12-42)8-10-26(23)38-29(45)21-6-4-5-20(13-21)17-43-18-27(39-41-43)28(44)31(47)48/h4-10,13-16,18,28,44H,1-3,11-12,17H2,(H,38,45)(H,40,46)(H,47,48)/b37-16+. The molecule has 4 aromatic rings. The van der Waals surface area contributed by atoms with Gasteiger partial charge in [-0.15, -0.1) is 5.10 Å². The van der Waals surface area contributed by atoms with Gasteiger partial charge in [-0.1, -0.05) is 35.0 Å². The largest absolute Gasteiger partial charge is 0.479 e. The lowest BCUT2D eigenvalue weighted by molar-refractivity contribution is -0.147. The van der Waals surface area contributed by atoms with Crippen molar-refractivity contribution in [1.82, 2.24) is 20.4 Å². The Kier molecular flexibility index (Phi) is 10.4. The highest BCUT2D eigenvalue weighted by Crippen LogP contribution is 2.35. The van der Waals surface area contributed by atoms with Gasteiger partial charge < -0.3 is 20.4 Å². The van der Waals surface area contributed by atoms with E-state index in [1.165, 1.54) is 16.9 Å². The molecule has 1 unspecified atom stereocenters. The number of carbonyl (C=O) groups is 3. The first kappa shape index (κ1) is 34.1. The fourth-order valence-corrected chi connectivity index (χ4v) is 5.30. The number of aromatic nitrogens is 3. The number of hydrazone groups is 1. The molecule has 16 heteroatoms. The number of anilines is 2. The van der Waals surface area contributed by atoms with Crippen LogP contribution in [0, 0.1) is 0 Å². The molecule has 0 aliphatic carbocycles. The summed E-state index contributed by atoms with van der Waals surface area (Å²) in [4.78, 5) is 39.9. The van der Waals surface area contributed by atoms with Gasteiger partial charge in [0.2, 0.25) is 0 Å². The maximum atomic E-state index is 13.4. The average molecular weight is 684 g/mol. The topological polar surface area (TPSA) is 162 Å². The number of amides is 2. The van der Waals surface area contributed by atoms with Crippen LogP contribution in [0.4, 0.5) is 24.5 Å². The van der Waals surface area contributed by atoms with Crippen molar-refractivity contribution >= 4 is 47.0 Å². The van der Waals surface area contributed by atoms with Crippen molar-refractivity contribution in [2.75, 3.05) is 23.3 Å². The Labute approximate surface area is 276 Å². The minimum atomic E-state index is -4.67. The Balaban J connectivity index is 1.35. The second-order valence-corrected chi connectivity index (χ2v) is 11.4. The highest BCUT2D eigenvalue weighted by atomic mass is 35.5. The van der Waals surface area contributed by atoms with E-state index in [1.807, 2.05) is 0 Å². The molecule has 1 fully saturated rings. The summed E-state index contributed by atoms with van der Waals surface area (Å²) in [6.07, 6.45) is -1.09. The van der Waals surface area contributed by atoms with Crippen LogP contribution >= 0.6 is 11.6 Å². The first-order valence-corrected chi connectivity index (χ1v) is 15.1. The van der Waals surface area contributed by atoms with Crippen molar-refractivity contribution in [1.29, 1.82) is 0 Å². The van der Waals surface area contributed by atoms with Crippen LogP contribution in [0.5, 0.6) is 0 Å². The van der Waals surface area contributed by atoms with Crippen molar-refractivity contribution in [2.24, 2.45) is 5.10 Å². The first-order valence-electron chi connectivity index (χ1n) is 14.7. The molecular weight excluding hydrogens is 655 g/mol. The number of nitrogens with one attached hydrogen (secondary N) is 2. The van der Waals surface area contributed by atoms with Crippen LogP contribution in [0.25, 0.3) is 0 Å². The summed E-state index contributed by atoms with van der Waals surface area (Å²) < 4.78 is 41.1. The maximum Gasteiger partial charge on any atom is 0.417 e. The molecule has 0 spiro atoms. The SMILES string of the molecule is O=C(Nc1ccc(N2CCCCC2)cc1C(=O)N/N=C/c1ccc(Cl)c(C(F)(F)F)c1)c1cccc(Cn2cc(C(O)C(=O)O)nn2)c1. The van der Waals surface area contributed by atoms with Gasteiger partial charge in [0.1, 0.15) is 5.69 Å². The van der Waals surface area contributed by atoms with Crippen LogP contribution < -0.4 is 15.6 Å². The summed E-state index contributed by atoms with van der Waals surface area (Å²) >= 11 is 5.69. The van der Waals surface area contributed by atoms with Crippen molar-refractivity contribution < 1.29 is 37.8 Å². The van der Waals surface area contributed by atoms with E-state index in [0.717, 1.165) is 56.4 Å². The number of hydrogen-bond acceptors (Lipinski definition) is 8. The molecule has 0 bridgehead atoms. The van der Waals surface area contributed by atoms with E-state index in [-0.39, 0.29) is 34.6 Å². The number of aliphatic hydroxyl groups excluding tert-OH is 1. The summed E-state index contributed by atoms with van der Waals surface area (Å²) in [6, 6.07) is 14.7. The number of carboxylic acids is 1. The van der Waals surface area contributed by atoms with Gasteiger partial charge in [-0.2, -0.15) is 18.3 Å².